The van der Waals surface area contributed by atoms with Crippen LogP contribution in [0.1, 0.15) is 189 Å². The quantitative estimate of drug-likeness (QED) is 0.0354. The highest BCUT2D eigenvalue weighted by Gasteiger charge is 2.36. The molecule has 9 aromatic carbocycles. The average molecular weight is 2130 g/mol. The van der Waals surface area contributed by atoms with Gasteiger partial charge in [-0.3, -0.25) is 9.45 Å². The molecule has 0 amide bonds. The molecular formula is C114H134N7O13S10+. The molecule has 3 aliphatic heterocycles. The van der Waals surface area contributed by atoms with Gasteiger partial charge in [-0.15, -0.1) is 0 Å². The van der Waals surface area contributed by atoms with E-state index in [-0.39, 0.29) is 22.0 Å². The van der Waals surface area contributed by atoms with Gasteiger partial charge in [0, 0.05) is 77.6 Å². The minimum atomic E-state index is -4.29. The van der Waals surface area contributed by atoms with Gasteiger partial charge in [0.1, 0.15) is 53.2 Å². The Morgan fingerprint density at radius 2 is 0.917 bits per heavy atom. The first-order valence-electron chi connectivity index (χ1n) is 49.4. The summed E-state index contributed by atoms with van der Waals surface area (Å²) in [7, 11) is -16.9. The number of ether oxygens (including phenoxy) is 1. The Bertz CT molecular complexity index is 7380. The lowest BCUT2D eigenvalue weighted by atomic mass is 9.77. The second-order valence-electron chi connectivity index (χ2n) is 37.2. The molecule has 3 aliphatic carbocycles. The van der Waals surface area contributed by atoms with E-state index in [1.807, 2.05) is 80.8 Å². The second-order valence-corrected chi connectivity index (χ2v) is 49.4. The van der Waals surface area contributed by atoms with Crippen molar-refractivity contribution in [1.29, 1.82) is 0 Å². The highest BCUT2D eigenvalue weighted by atomic mass is 32.2. The average Bonchev–Trinajstić information content (AvgIpc) is 1.49. The van der Waals surface area contributed by atoms with Crippen molar-refractivity contribution in [3.63, 3.8) is 0 Å². The standard InChI is InChI=1S/C33H33N2S2.C32H38N2O6S4.C31H37N2OS2.2C7H8O3S.C4H11N/c1-4-34-28-15-9-11-17-30(28)36-32(34)21-25-19-27(24-13-7-6-8-14-24)20-26(23(25)3)22-33-35(5-2)29-16-10-12-18-31(29)37-33;1-21-7-9-29-27(17-21)33(11-5-13-43(35,36)37)31(41-29)19-25-15-23(3)16-26(24(25)4)20-32-34(12-6-14-44(38,39)40)28-18-22(2)8-10-30(28)42-32;1-7-32-26-16-20(4)10-12-28(26)35-30(32)17-23-14-21(5)15-24(22(23)6)18-31-33(8-2)27-19-25(34-9-3)11-13-29(27)36-31;2*1-6-2-4-7(5-3-6)11(8,9)10;1-3-5-4-2/h6-18,21-22,27H,4-5,19-20H2,1-3H3;7-10,17-20,23H,5-6,11-16H2,1-4H3,(H-,35,36,37,38,39,40);10-13,16-19,21H,7-9,14-15H2,1-6H3;2*2-5H,1H3,(H,8,9,10);5H,3-4H2,1-2H3/q+1;;+1;;;/p-1. The number of allylic oxidation sites excluding steroid dienone is 12. The number of fused-ring (bicyclic) bond motifs is 6. The van der Waals surface area contributed by atoms with Gasteiger partial charge in [-0.25, -0.2) is 25.3 Å². The number of aromatic nitrogens is 3. The second kappa shape index (κ2) is 50.3. The van der Waals surface area contributed by atoms with Crippen molar-refractivity contribution in [3.8, 4) is 5.75 Å². The molecule has 3 aromatic heterocycles. The molecule has 144 heavy (non-hydrogen) atoms. The molecule has 0 fully saturated rings. The van der Waals surface area contributed by atoms with E-state index in [0.29, 0.717) is 43.9 Å². The molecule has 0 saturated carbocycles. The first kappa shape index (κ1) is 112. The Kier molecular flexibility index (Phi) is 39.0. The number of benzene rings is 9. The van der Waals surface area contributed by atoms with E-state index in [1.54, 1.807) is 47.4 Å². The fraction of sp³-hybridized carbons (Fsp3) is 0.342. The zero-order valence-corrected chi connectivity index (χ0v) is 93.5. The third-order valence-corrected chi connectivity index (χ3v) is 36.2. The van der Waals surface area contributed by atoms with E-state index < -0.39 is 46.2 Å². The van der Waals surface area contributed by atoms with Crippen molar-refractivity contribution in [2.75, 3.05) is 60.6 Å². The molecule has 4 unspecified atom stereocenters. The number of aryl methyl sites for hydroxylation is 8. The van der Waals surface area contributed by atoms with Crippen molar-refractivity contribution >= 4 is 176 Å². The summed E-state index contributed by atoms with van der Waals surface area (Å²) in [6, 6.07) is 66.2. The van der Waals surface area contributed by atoms with Gasteiger partial charge >= 0.3 is 0 Å². The number of nitrogens with zero attached hydrogens (tertiary/aromatic N) is 5. The summed E-state index contributed by atoms with van der Waals surface area (Å²) < 4.78 is 145. The summed E-state index contributed by atoms with van der Waals surface area (Å²) in [4.78, 5) is 9.65. The van der Waals surface area contributed by atoms with Crippen LogP contribution in [-0.4, -0.2) is 103 Å². The predicted molar refractivity (Wildman–Crippen MR) is 595 cm³/mol. The number of quaternary nitrogens is 1. The summed E-state index contributed by atoms with van der Waals surface area (Å²) in [5.41, 5.74) is 26.8. The van der Waals surface area contributed by atoms with Crippen molar-refractivity contribution < 1.29 is 75.2 Å². The van der Waals surface area contributed by atoms with E-state index in [1.165, 1.54) is 152 Å². The molecule has 30 heteroatoms. The number of thiazole rings is 3. The molecule has 0 spiro atoms. The van der Waals surface area contributed by atoms with Crippen LogP contribution in [0, 0.1) is 46.5 Å². The Hall–Kier alpha value is -9.68. The first-order valence-corrected chi connectivity index (χ1v) is 60.3. The van der Waals surface area contributed by atoms with E-state index in [4.69, 9.17) is 4.74 Å². The van der Waals surface area contributed by atoms with Crippen LogP contribution in [0.15, 0.2) is 308 Å². The number of rotatable bonds is 25. The van der Waals surface area contributed by atoms with E-state index in [2.05, 4.69) is 300 Å². The van der Waals surface area contributed by atoms with E-state index >= 15 is 0 Å². The van der Waals surface area contributed by atoms with Gasteiger partial charge in [0.25, 0.3) is 25.1 Å². The monoisotopic (exact) mass is 2130 g/mol. The summed E-state index contributed by atoms with van der Waals surface area (Å²) >= 11 is 11.0. The smallest absolute Gasteiger partial charge is 0.264 e. The molecule has 20 nitrogen and oxygen atoms in total. The highest BCUT2D eigenvalue weighted by molar-refractivity contribution is 8.04. The van der Waals surface area contributed by atoms with Gasteiger partial charge in [0.15, 0.2) is 17.3 Å². The lowest BCUT2D eigenvalue weighted by Crippen LogP contribution is -3.03. The van der Waals surface area contributed by atoms with Gasteiger partial charge in [0.2, 0.25) is 16.6 Å². The molecule has 0 radical (unpaired) electrons. The number of nitrogens with one attached hydrogen (secondary N) is 2. The number of anilines is 2. The molecule has 6 heterocycles. The van der Waals surface area contributed by atoms with Gasteiger partial charge in [-0.1, -0.05) is 193 Å². The topological polar surface area (TPSA) is 270 Å². The number of thioether (sulfide) groups is 3. The van der Waals surface area contributed by atoms with Crippen molar-refractivity contribution in [3.05, 3.63) is 332 Å². The number of para-hydroxylation sites is 2. The molecule has 3 N–H and O–H groups in total. The molecule has 6 aliphatic rings. The Morgan fingerprint density at radius 1 is 0.444 bits per heavy atom. The molecule has 0 bridgehead atoms. The van der Waals surface area contributed by atoms with Gasteiger partial charge in [-0.2, -0.15) is 22.1 Å². The lowest BCUT2D eigenvalue weighted by Gasteiger charge is -2.28. The minimum Gasteiger partial charge on any atom is -0.748 e. The SMILES string of the molecule is CC1=C(C=C2Sc3ccc(C)cc3N2CCCS(=O)(=O)O)CC(C)CC1=Cc1sc2ccc(C)cc2[n+]1CCCS(=O)(=O)[O-].CCN1C(=CC2=C(C)C(=Cc3sc4ccccc4[n+]3CC)CC(c3ccccc3)C2)Sc2ccccc21.CCNCC.CCOc1ccc2sc(C=C3CC(C)CC(C=C4Sc5ccc(C)cc5[NH+]4CC)=C3C)[n+](CC)c2c1.Cc1ccc(S(=O)(=O)[O-])cc1.Cc1ccc(S(=O)(=O)[O-])cc1. The Morgan fingerprint density at radius 3 is 1.46 bits per heavy atom. The van der Waals surface area contributed by atoms with Crippen LogP contribution >= 0.6 is 69.3 Å². The van der Waals surface area contributed by atoms with Crippen LogP contribution in [0.4, 0.5) is 17.1 Å². The molecule has 12 aromatic rings. The largest absolute Gasteiger partial charge is 0.748 e. The van der Waals surface area contributed by atoms with Crippen LogP contribution in [0.25, 0.3) is 48.9 Å². The van der Waals surface area contributed by atoms with Crippen molar-refractivity contribution in [1.82, 2.24) is 5.32 Å². The highest BCUT2D eigenvalue weighted by Crippen LogP contribution is 2.51. The van der Waals surface area contributed by atoms with Crippen LogP contribution in [-0.2, 0) is 60.1 Å². The maximum Gasteiger partial charge on any atom is 0.264 e. The Labute approximate surface area is 878 Å². The number of hydrogen-bond acceptors (Lipinski definition) is 21. The van der Waals surface area contributed by atoms with E-state index in [0.717, 1.165) is 137 Å². The fourth-order valence-corrected chi connectivity index (χ4v) is 27.7. The van der Waals surface area contributed by atoms with Crippen molar-refractivity contribution in [2.45, 2.75) is 219 Å². The summed E-state index contributed by atoms with van der Waals surface area (Å²) in [5, 5.41) is 10.6. The Balaban J connectivity index is 0.000000160. The predicted octanol–water partition coefficient (Wildman–Crippen LogP) is 25.2. The molecular weight excluding hydrogens is 2000 g/mol. The molecule has 18 rings (SSSR count). The number of hydrogen-bond donors (Lipinski definition) is 3. The maximum atomic E-state index is 11.4. The first-order chi connectivity index (χ1) is 68.6. The minimum absolute atomic E-state index is 0.178. The lowest BCUT2D eigenvalue weighted by molar-refractivity contribution is -0.777. The summed E-state index contributed by atoms with van der Waals surface area (Å²) in [5.74, 6) is 1.79. The van der Waals surface area contributed by atoms with Gasteiger partial charge < -0.3 is 33.5 Å². The van der Waals surface area contributed by atoms with E-state index in [9.17, 15) is 51.9 Å². The van der Waals surface area contributed by atoms with Gasteiger partial charge in [-0.05, 0) is 341 Å². The van der Waals surface area contributed by atoms with Crippen LogP contribution in [0.5, 0.6) is 5.75 Å². The van der Waals surface area contributed by atoms with Crippen molar-refractivity contribution in [2.24, 2.45) is 11.8 Å². The fourth-order valence-electron chi connectivity index (χ4n) is 18.7. The third kappa shape index (κ3) is 29.2. The zero-order chi connectivity index (χ0) is 104. The van der Waals surface area contributed by atoms with Crippen LogP contribution in [0.2, 0.25) is 0 Å². The summed E-state index contributed by atoms with van der Waals surface area (Å²) in [6.45, 7) is 44.4. The zero-order valence-electron chi connectivity index (χ0n) is 85.3. The van der Waals surface area contributed by atoms with Gasteiger partial charge in [0.05, 0.1) is 71.2 Å². The van der Waals surface area contributed by atoms with Crippen LogP contribution in [0.3, 0.4) is 0 Å². The van der Waals surface area contributed by atoms with Crippen LogP contribution < -0.4 is 38.5 Å². The third-order valence-electron chi connectivity index (χ3n) is 26.2. The maximum absolute atomic E-state index is 11.4. The molecule has 0 saturated heterocycles. The molecule has 4 atom stereocenters. The normalized spacial score (nSPS) is 18.6. The molecule has 762 valence electrons. The summed E-state index contributed by atoms with van der Waals surface area (Å²) in [6.07, 6.45) is 21.2.